The minimum atomic E-state index is -4.36. The third kappa shape index (κ3) is 13.1. The Kier molecular flexibility index (Phi) is 17.3. The number of rotatable bonds is 14. The first kappa shape index (κ1) is 50.5. The second-order valence-corrected chi connectivity index (χ2v) is 21.2. The maximum absolute atomic E-state index is 13.4. The molecule has 368 valence electrons. The molecule has 2 N–H and O–H groups in total. The standard InChI is InChI=1S/C29H38F3N3S.C24H28F3N3OS/c30-29(31,32)24-11-12-28-26(22-24)35(25-9-2-3-10-27(25)36-28)19-6-8-23-13-20-34(21-14-23)18-7-17-33-15-4-1-5-16-33;25-24(26,27)18-7-8-22-20(16-18)30(19-5-1-2-6-21(19)32-22)13-3-4-17-10-14-29(15-11-17)23(31)9-12-28/h2-3,9-12,22-23H,1,4-8,13-21H2;1-2,5-8,16-17H,3-4,9-15,28H2. The molecule has 0 aromatic heterocycles. The highest BCUT2D eigenvalue weighted by molar-refractivity contribution is 8.00. The first-order chi connectivity index (χ1) is 32.8. The highest BCUT2D eigenvalue weighted by atomic mass is 32.2. The first-order valence-electron chi connectivity index (χ1n) is 24.8. The Morgan fingerprint density at radius 3 is 1.44 bits per heavy atom. The second-order valence-electron chi connectivity index (χ2n) is 19.0. The van der Waals surface area contributed by atoms with Crippen molar-refractivity contribution >= 4 is 52.2 Å². The smallest absolute Gasteiger partial charge is 0.343 e. The maximum Gasteiger partial charge on any atom is 0.416 e. The predicted molar refractivity (Wildman–Crippen MR) is 264 cm³/mol. The number of hydrogen-bond donors (Lipinski definition) is 1. The van der Waals surface area contributed by atoms with Gasteiger partial charge in [-0.05, 0) is 182 Å². The minimum absolute atomic E-state index is 0.130. The van der Waals surface area contributed by atoms with Crippen molar-refractivity contribution in [3.05, 3.63) is 96.1 Å². The summed E-state index contributed by atoms with van der Waals surface area (Å²) in [6.45, 7) is 10.7. The summed E-state index contributed by atoms with van der Waals surface area (Å²) in [5.74, 6) is 1.39. The number of carbonyl (C=O) groups excluding carboxylic acids is 1. The summed E-state index contributed by atoms with van der Waals surface area (Å²) < 4.78 is 80.4. The van der Waals surface area contributed by atoms with Crippen LogP contribution in [-0.4, -0.2) is 92.6 Å². The SMILES string of the molecule is FC(F)(F)c1ccc2c(c1)N(CCCC1CCN(CCCN3CCCCC3)CC1)c1ccccc1S2.NCCC(=O)N1CCC(CCCN2c3ccccc3Sc3ccc(C(F)(F)F)cc32)CC1. The highest BCUT2D eigenvalue weighted by Crippen LogP contribution is 2.51. The fourth-order valence-corrected chi connectivity index (χ4v) is 12.7. The van der Waals surface area contributed by atoms with E-state index in [9.17, 15) is 31.1 Å². The van der Waals surface area contributed by atoms with Crippen LogP contribution in [0.1, 0.15) is 94.6 Å². The van der Waals surface area contributed by atoms with Crippen molar-refractivity contribution in [3.63, 3.8) is 0 Å². The minimum Gasteiger partial charge on any atom is -0.343 e. The van der Waals surface area contributed by atoms with Crippen LogP contribution < -0.4 is 15.5 Å². The molecule has 0 atom stereocenters. The van der Waals surface area contributed by atoms with E-state index < -0.39 is 23.5 Å². The van der Waals surface area contributed by atoms with E-state index in [4.69, 9.17) is 5.73 Å². The van der Waals surface area contributed by atoms with Crippen molar-refractivity contribution in [2.24, 2.45) is 17.6 Å². The maximum atomic E-state index is 13.4. The average molecular weight is 981 g/mol. The molecule has 0 spiro atoms. The summed E-state index contributed by atoms with van der Waals surface area (Å²) in [5.41, 5.74) is 7.61. The number of benzene rings is 4. The van der Waals surface area contributed by atoms with Gasteiger partial charge in [-0.1, -0.05) is 54.2 Å². The van der Waals surface area contributed by atoms with Gasteiger partial charge in [0, 0.05) is 58.7 Å². The van der Waals surface area contributed by atoms with E-state index >= 15 is 0 Å². The summed E-state index contributed by atoms with van der Waals surface area (Å²) in [5, 5.41) is 0. The molecule has 0 bridgehead atoms. The molecule has 4 aromatic carbocycles. The van der Waals surface area contributed by atoms with Crippen LogP contribution in [0.3, 0.4) is 0 Å². The van der Waals surface area contributed by atoms with E-state index in [2.05, 4.69) is 20.8 Å². The third-order valence-corrected chi connectivity index (χ3v) is 16.6. The van der Waals surface area contributed by atoms with Gasteiger partial charge in [-0.2, -0.15) is 26.3 Å². The Morgan fingerprint density at radius 1 is 0.529 bits per heavy atom. The predicted octanol–water partition coefficient (Wildman–Crippen LogP) is 13.4. The first-order valence-corrected chi connectivity index (χ1v) is 26.4. The number of piperidine rings is 3. The normalized spacial score (nSPS) is 18.3. The number of likely N-dealkylation sites (tertiary alicyclic amines) is 3. The van der Waals surface area contributed by atoms with Gasteiger partial charge in [0.2, 0.25) is 5.91 Å². The lowest BCUT2D eigenvalue weighted by molar-refractivity contribution is -0.138. The molecule has 3 saturated heterocycles. The van der Waals surface area contributed by atoms with Crippen molar-refractivity contribution in [2.45, 2.75) is 115 Å². The number of carbonyl (C=O) groups is 1. The van der Waals surface area contributed by atoms with Crippen LogP contribution in [0.25, 0.3) is 0 Å². The quantitative estimate of drug-likeness (QED) is 0.125. The molecule has 4 aromatic rings. The van der Waals surface area contributed by atoms with Crippen molar-refractivity contribution in [3.8, 4) is 0 Å². The van der Waals surface area contributed by atoms with Gasteiger partial charge in [0.15, 0.2) is 0 Å². The Balaban J connectivity index is 0.000000185. The van der Waals surface area contributed by atoms with E-state index in [1.807, 2.05) is 52.3 Å². The Labute approximate surface area is 407 Å². The molecule has 5 aliphatic heterocycles. The number of halogens is 6. The molecule has 0 radical (unpaired) electrons. The van der Waals surface area contributed by atoms with Gasteiger partial charge in [-0.25, -0.2) is 0 Å². The van der Waals surface area contributed by atoms with Crippen LogP contribution in [0.4, 0.5) is 49.1 Å². The van der Waals surface area contributed by atoms with Gasteiger partial charge in [-0.3, -0.25) is 4.79 Å². The van der Waals surface area contributed by atoms with E-state index in [1.54, 1.807) is 23.9 Å². The van der Waals surface area contributed by atoms with E-state index in [0.717, 1.165) is 101 Å². The lowest BCUT2D eigenvalue weighted by Crippen LogP contribution is -2.39. The topological polar surface area (TPSA) is 59.3 Å². The monoisotopic (exact) mass is 980 g/mol. The van der Waals surface area contributed by atoms with E-state index in [1.165, 1.54) is 108 Å². The van der Waals surface area contributed by atoms with Crippen molar-refractivity contribution in [2.75, 3.05) is 81.8 Å². The van der Waals surface area contributed by atoms with Crippen LogP contribution >= 0.6 is 23.5 Å². The van der Waals surface area contributed by atoms with Crippen LogP contribution in [0.2, 0.25) is 0 Å². The third-order valence-electron chi connectivity index (χ3n) is 14.3. The van der Waals surface area contributed by atoms with Crippen molar-refractivity contribution in [1.29, 1.82) is 0 Å². The van der Waals surface area contributed by atoms with Crippen LogP contribution in [-0.2, 0) is 17.1 Å². The van der Waals surface area contributed by atoms with Crippen molar-refractivity contribution in [1.82, 2.24) is 14.7 Å². The summed E-state index contributed by atoms with van der Waals surface area (Å²) in [7, 11) is 0. The fraction of sp³-hybridized carbons (Fsp3) is 0.528. The van der Waals surface area contributed by atoms with Crippen LogP contribution in [0.5, 0.6) is 0 Å². The summed E-state index contributed by atoms with van der Waals surface area (Å²) in [4.78, 5) is 27.3. The zero-order valence-electron chi connectivity index (χ0n) is 39.0. The van der Waals surface area contributed by atoms with E-state index in [-0.39, 0.29) is 5.91 Å². The Bertz CT molecular complexity index is 2270. The molecule has 7 nitrogen and oxygen atoms in total. The molecule has 5 heterocycles. The zero-order valence-corrected chi connectivity index (χ0v) is 40.6. The van der Waals surface area contributed by atoms with Crippen LogP contribution in [0.15, 0.2) is 105 Å². The number of nitrogens with two attached hydrogens (primary N) is 1. The van der Waals surface area contributed by atoms with Gasteiger partial charge in [0.05, 0.1) is 33.9 Å². The molecule has 0 aliphatic carbocycles. The van der Waals surface area contributed by atoms with Crippen LogP contribution in [0, 0.1) is 11.8 Å². The molecular weight excluding hydrogens is 915 g/mol. The summed E-state index contributed by atoms with van der Waals surface area (Å²) in [6.07, 6.45) is 5.55. The zero-order chi connectivity index (χ0) is 47.7. The molecule has 68 heavy (non-hydrogen) atoms. The number of alkyl halides is 6. The van der Waals surface area contributed by atoms with Crippen molar-refractivity contribution < 1.29 is 31.1 Å². The average Bonchev–Trinajstić information content (AvgIpc) is 3.34. The van der Waals surface area contributed by atoms with Gasteiger partial charge >= 0.3 is 12.4 Å². The largest absolute Gasteiger partial charge is 0.416 e. The molecular formula is C53H66F6N6OS2. The molecule has 1 amide bonds. The summed E-state index contributed by atoms with van der Waals surface area (Å²) in [6, 6.07) is 24.2. The van der Waals surface area contributed by atoms with Gasteiger partial charge in [-0.15, -0.1) is 0 Å². The number of amides is 1. The highest BCUT2D eigenvalue weighted by Gasteiger charge is 2.35. The molecule has 0 unspecified atom stereocenters. The molecule has 5 aliphatic rings. The number of nitrogens with zero attached hydrogens (tertiary/aromatic N) is 5. The number of para-hydroxylation sites is 2. The molecule has 15 heteroatoms. The number of hydrogen-bond acceptors (Lipinski definition) is 8. The Morgan fingerprint density at radius 2 is 0.971 bits per heavy atom. The van der Waals surface area contributed by atoms with Gasteiger partial charge < -0.3 is 30.2 Å². The molecule has 3 fully saturated rings. The lowest BCUT2D eigenvalue weighted by Gasteiger charge is -2.35. The lowest BCUT2D eigenvalue weighted by atomic mass is 9.92. The molecule has 0 saturated carbocycles. The van der Waals surface area contributed by atoms with E-state index in [0.29, 0.717) is 36.8 Å². The van der Waals surface area contributed by atoms with Gasteiger partial charge in [0.25, 0.3) is 0 Å². The summed E-state index contributed by atoms with van der Waals surface area (Å²) >= 11 is 3.08. The molecule has 9 rings (SSSR count). The fourth-order valence-electron chi connectivity index (χ4n) is 10.5. The number of fused-ring (bicyclic) bond motifs is 4. The second kappa shape index (κ2) is 23.3. The van der Waals surface area contributed by atoms with Gasteiger partial charge in [0.1, 0.15) is 0 Å². The Hall–Kier alpha value is -3.89. The number of anilines is 4.